The molecule has 0 atom stereocenters. The fourth-order valence-corrected chi connectivity index (χ4v) is 3.93. The van der Waals surface area contributed by atoms with Gasteiger partial charge in [-0.05, 0) is 33.9 Å². The van der Waals surface area contributed by atoms with E-state index in [1.165, 1.54) is 29.4 Å². The molecule has 0 radical (unpaired) electrons. The van der Waals surface area contributed by atoms with Crippen LogP contribution in [0.5, 0.6) is 0 Å². The van der Waals surface area contributed by atoms with E-state index in [1.54, 1.807) is 0 Å². The van der Waals surface area contributed by atoms with E-state index in [4.69, 9.17) is 9.47 Å². The highest BCUT2D eigenvalue weighted by Gasteiger charge is 2.28. The first kappa shape index (κ1) is 21.2. The van der Waals surface area contributed by atoms with Crippen LogP contribution in [0.3, 0.4) is 0 Å². The maximum absolute atomic E-state index is 12.2. The molecule has 32 heavy (non-hydrogen) atoms. The summed E-state index contributed by atoms with van der Waals surface area (Å²) in [6, 6.07) is 23.8. The van der Waals surface area contributed by atoms with E-state index in [0.717, 1.165) is 11.1 Å². The Kier molecular flexibility index (Phi) is 6.52. The maximum Gasteiger partial charge on any atom is 0.407 e. The summed E-state index contributed by atoms with van der Waals surface area (Å²) in [5, 5.41) is 2.67. The predicted molar refractivity (Wildman–Crippen MR) is 122 cm³/mol. The largest absolute Gasteiger partial charge is 0.469 e. The highest BCUT2D eigenvalue weighted by molar-refractivity contribution is 5.79. The van der Waals surface area contributed by atoms with E-state index >= 15 is 0 Å². The number of nitrogens with one attached hydrogen (secondary N) is 1. The lowest BCUT2D eigenvalue weighted by Gasteiger charge is -2.14. The average molecular weight is 425 g/mol. The summed E-state index contributed by atoms with van der Waals surface area (Å²) in [7, 11) is 1.36. The van der Waals surface area contributed by atoms with Gasteiger partial charge in [-0.3, -0.25) is 4.79 Å². The molecule has 160 valence electrons. The van der Waals surface area contributed by atoms with Crippen molar-refractivity contribution in [2.45, 2.75) is 12.3 Å². The molecule has 0 saturated carbocycles. The van der Waals surface area contributed by atoms with Crippen LogP contribution in [0.25, 0.3) is 11.1 Å². The highest BCUT2D eigenvalue weighted by atomic mass is 16.5. The first-order valence-corrected chi connectivity index (χ1v) is 10.4. The maximum atomic E-state index is 12.2. The summed E-state index contributed by atoms with van der Waals surface area (Å²) in [5.41, 5.74) is 6.23. The molecule has 3 aromatic rings. The molecule has 0 aromatic heterocycles. The molecule has 5 heteroatoms. The molecule has 0 heterocycles. The molecule has 0 aliphatic heterocycles. The fraction of sp³-hybridized carbons (Fsp3) is 0.185. The summed E-state index contributed by atoms with van der Waals surface area (Å²) in [5.74, 6) is 5.60. The van der Waals surface area contributed by atoms with Crippen LogP contribution in [0, 0.1) is 11.8 Å². The second-order valence-corrected chi connectivity index (χ2v) is 7.39. The average Bonchev–Trinajstić information content (AvgIpc) is 3.15. The zero-order valence-corrected chi connectivity index (χ0v) is 17.8. The minimum Gasteiger partial charge on any atom is -0.469 e. The summed E-state index contributed by atoms with van der Waals surface area (Å²) >= 11 is 0. The van der Waals surface area contributed by atoms with E-state index in [2.05, 4.69) is 41.4 Å². The second-order valence-electron chi connectivity index (χ2n) is 7.39. The minimum atomic E-state index is -0.510. The van der Waals surface area contributed by atoms with Crippen molar-refractivity contribution in [3.63, 3.8) is 0 Å². The van der Waals surface area contributed by atoms with Crippen molar-refractivity contribution in [1.29, 1.82) is 0 Å². The summed E-state index contributed by atoms with van der Waals surface area (Å²) < 4.78 is 10.2. The molecule has 1 aliphatic carbocycles. The van der Waals surface area contributed by atoms with Gasteiger partial charge >= 0.3 is 12.1 Å². The van der Waals surface area contributed by atoms with Gasteiger partial charge in [0.05, 0.1) is 20.1 Å². The highest BCUT2D eigenvalue weighted by Crippen LogP contribution is 2.44. The van der Waals surface area contributed by atoms with Gasteiger partial charge in [-0.15, -0.1) is 0 Å². The SMILES string of the molecule is COC(=O)Cc1ccccc1C#CCNC(=O)OCC1c2ccccc2-c2ccccc21. The molecule has 0 fully saturated rings. The molecule has 1 aliphatic rings. The molecule has 0 spiro atoms. The fourth-order valence-electron chi connectivity index (χ4n) is 3.93. The molecule has 1 N–H and O–H groups in total. The Labute approximate surface area is 187 Å². The lowest BCUT2D eigenvalue weighted by molar-refractivity contribution is -0.139. The standard InChI is InChI=1S/C27H23NO4/c1-31-26(29)17-20-10-3-2-9-19(20)11-8-16-28-27(30)32-18-25-23-14-6-4-12-21(23)22-13-5-7-15-24(22)25/h2-7,9-10,12-15,25H,16-18H2,1H3,(H,28,30). The lowest BCUT2D eigenvalue weighted by Crippen LogP contribution is -2.26. The van der Waals surface area contributed by atoms with E-state index in [-0.39, 0.29) is 31.5 Å². The van der Waals surface area contributed by atoms with Crippen LogP contribution >= 0.6 is 0 Å². The predicted octanol–water partition coefficient (Wildman–Crippen LogP) is 4.29. The van der Waals surface area contributed by atoms with Gasteiger partial charge in [0.15, 0.2) is 0 Å². The van der Waals surface area contributed by atoms with Crippen molar-refractivity contribution < 1.29 is 19.1 Å². The minimum absolute atomic E-state index is 0.0180. The number of carbonyl (C=O) groups excluding carboxylic acids is 2. The molecule has 0 saturated heterocycles. The number of hydrogen-bond donors (Lipinski definition) is 1. The Hall–Kier alpha value is -4.04. The normalized spacial score (nSPS) is 11.5. The van der Waals surface area contributed by atoms with Crippen LogP contribution in [0.4, 0.5) is 4.79 Å². The molecule has 0 unspecified atom stereocenters. The number of rotatable bonds is 5. The number of fused-ring (bicyclic) bond motifs is 3. The second kappa shape index (κ2) is 9.84. The number of carbonyl (C=O) groups is 2. The summed E-state index contributed by atoms with van der Waals surface area (Å²) in [6.45, 7) is 0.401. The van der Waals surface area contributed by atoms with Gasteiger partial charge in [-0.25, -0.2) is 4.79 Å². The molecule has 4 rings (SSSR count). The third-order valence-corrected chi connectivity index (χ3v) is 5.47. The van der Waals surface area contributed by atoms with Gasteiger partial charge in [0.2, 0.25) is 0 Å². The van der Waals surface area contributed by atoms with Gasteiger partial charge in [0.1, 0.15) is 6.61 Å². The Morgan fingerprint density at radius 1 is 0.906 bits per heavy atom. The Morgan fingerprint density at radius 2 is 1.53 bits per heavy atom. The molecule has 3 aromatic carbocycles. The Morgan fingerprint density at radius 3 is 2.22 bits per heavy atom. The summed E-state index contributed by atoms with van der Waals surface area (Å²) in [6.07, 6.45) is -0.356. The van der Waals surface area contributed by atoms with Crippen molar-refractivity contribution in [2.24, 2.45) is 0 Å². The van der Waals surface area contributed by atoms with Crippen LogP contribution in [0.1, 0.15) is 28.2 Å². The van der Waals surface area contributed by atoms with Crippen LogP contribution in [-0.2, 0) is 20.7 Å². The number of ether oxygens (including phenoxy) is 2. The van der Waals surface area contributed by atoms with Gasteiger partial charge in [-0.1, -0.05) is 78.6 Å². The van der Waals surface area contributed by atoms with Crippen LogP contribution < -0.4 is 5.32 Å². The van der Waals surface area contributed by atoms with E-state index < -0.39 is 6.09 Å². The molecule has 1 amide bonds. The number of benzene rings is 3. The Bertz CT molecular complexity index is 1160. The van der Waals surface area contributed by atoms with E-state index in [1.807, 2.05) is 48.5 Å². The van der Waals surface area contributed by atoms with E-state index in [9.17, 15) is 9.59 Å². The lowest BCUT2D eigenvalue weighted by atomic mass is 9.98. The molecular formula is C27H23NO4. The van der Waals surface area contributed by atoms with Crippen molar-refractivity contribution >= 4 is 12.1 Å². The Balaban J connectivity index is 1.34. The molecular weight excluding hydrogens is 402 g/mol. The number of hydrogen-bond acceptors (Lipinski definition) is 4. The molecule has 5 nitrogen and oxygen atoms in total. The van der Waals surface area contributed by atoms with Crippen molar-refractivity contribution in [2.75, 3.05) is 20.3 Å². The van der Waals surface area contributed by atoms with E-state index in [0.29, 0.717) is 0 Å². The van der Waals surface area contributed by atoms with Crippen LogP contribution in [0.15, 0.2) is 72.8 Å². The van der Waals surface area contributed by atoms with Gasteiger partial charge < -0.3 is 14.8 Å². The zero-order valence-electron chi connectivity index (χ0n) is 17.8. The van der Waals surface area contributed by atoms with Crippen LogP contribution in [0.2, 0.25) is 0 Å². The van der Waals surface area contributed by atoms with Gasteiger partial charge in [0, 0.05) is 11.5 Å². The first-order chi connectivity index (χ1) is 15.7. The first-order valence-electron chi connectivity index (χ1n) is 10.4. The smallest absolute Gasteiger partial charge is 0.407 e. The quantitative estimate of drug-likeness (QED) is 0.489. The van der Waals surface area contributed by atoms with Gasteiger partial charge in [-0.2, -0.15) is 0 Å². The number of amides is 1. The number of alkyl carbamates (subject to hydrolysis) is 1. The third-order valence-electron chi connectivity index (χ3n) is 5.47. The number of methoxy groups -OCH3 is 1. The third kappa shape index (κ3) is 4.65. The van der Waals surface area contributed by atoms with Crippen molar-refractivity contribution in [1.82, 2.24) is 5.32 Å². The number of esters is 1. The van der Waals surface area contributed by atoms with Crippen molar-refractivity contribution in [3.8, 4) is 23.0 Å². The van der Waals surface area contributed by atoms with Crippen molar-refractivity contribution in [3.05, 3.63) is 95.1 Å². The zero-order chi connectivity index (χ0) is 22.3. The monoisotopic (exact) mass is 425 g/mol. The molecule has 0 bridgehead atoms. The van der Waals surface area contributed by atoms with Gasteiger partial charge in [0.25, 0.3) is 0 Å². The summed E-state index contributed by atoms with van der Waals surface area (Å²) in [4.78, 5) is 23.8. The topological polar surface area (TPSA) is 64.6 Å². The van der Waals surface area contributed by atoms with Crippen LogP contribution in [-0.4, -0.2) is 32.3 Å².